The molecule has 0 radical (unpaired) electrons. The third-order valence-electron chi connectivity index (χ3n) is 2.22. The van der Waals surface area contributed by atoms with Crippen LogP contribution in [0.1, 0.15) is 16.9 Å². The molecule has 0 bridgehead atoms. The molecule has 2 aromatic rings. The van der Waals surface area contributed by atoms with Crippen molar-refractivity contribution in [3.05, 3.63) is 59.5 Å². The quantitative estimate of drug-likeness (QED) is 0.752. The molecule has 4 heteroatoms. The molecule has 0 atom stereocenters. The molecule has 2 rings (SSSR count). The summed E-state index contributed by atoms with van der Waals surface area (Å²) in [5.41, 5.74) is 0.0436. The van der Waals surface area contributed by atoms with Gasteiger partial charge in [0.25, 0.3) is 0 Å². The smallest absolute Gasteiger partial charge is 0.416 e. The maximum absolute atomic E-state index is 12.3. The first-order valence-corrected chi connectivity index (χ1v) is 4.94. The molecule has 0 aliphatic rings. The van der Waals surface area contributed by atoms with Crippen LogP contribution in [0.15, 0.2) is 47.1 Å². The van der Waals surface area contributed by atoms with E-state index < -0.39 is 11.7 Å². The molecule has 0 spiro atoms. The van der Waals surface area contributed by atoms with Crippen LogP contribution in [0, 0.1) is 0 Å². The van der Waals surface area contributed by atoms with Crippen LogP contribution < -0.4 is 0 Å². The monoisotopic (exact) mass is 238 g/mol. The SMILES string of the molecule is FC(F)(F)c1ccc(/C=C/c2ccco2)cc1. The standard InChI is InChI=1S/C13H9F3O/c14-13(15,16)11-6-3-10(4-7-11)5-8-12-2-1-9-17-12/h1-9H/b8-5+. The molecule has 88 valence electrons. The lowest BCUT2D eigenvalue weighted by Crippen LogP contribution is -2.03. The van der Waals surface area contributed by atoms with E-state index in [0.717, 1.165) is 12.1 Å². The minimum absolute atomic E-state index is 0.646. The Morgan fingerprint density at radius 3 is 2.18 bits per heavy atom. The van der Waals surface area contributed by atoms with E-state index in [0.29, 0.717) is 11.3 Å². The van der Waals surface area contributed by atoms with Crippen LogP contribution in [-0.2, 0) is 6.18 Å². The molecule has 0 fully saturated rings. The molecule has 0 saturated heterocycles. The van der Waals surface area contributed by atoms with Gasteiger partial charge in [0.15, 0.2) is 0 Å². The van der Waals surface area contributed by atoms with Gasteiger partial charge < -0.3 is 4.42 Å². The molecule has 1 aromatic heterocycles. The van der Waals surface area contributed by atoms with Gasteiger partial charge in [0.1, 0.15) is 5.76 Å². The Morgan fingerprint density at radius 2 is 1.65 bits per heavy atom. The van der Waals surface area contributed by atoms with Crippen molar-refractivity contribution in [1.29, 1.82) is 0 Å². The maximum Gasteiger partial charge on any atom is 0.416 e. The number of hydrogen-bond donors (Lipinski definition) is 0. The number of rotatable bonds is 2. The van der Waals surface area contributed by atoms with E-state index >= 15 is 0 Å². The summed E-state index contributed by atoms with van der Waals surface area (Å²) in [6.45, 7) is 0. The molecule has 0 aliphatic carbocycles. The molecule has 1 aromatic carbocycles. The Bertz CT molecular complexity index is 492. The molecule has 0 saturated carbocycles. The van der Waals surface area contributed by atoms with Crippen LogP contribution in [0.4, 0.5) is 13.2 Å². The van der Waals surface area contributed by atoms with E-state index in [2.05, 4.69) is 0 Å². The van der Waals surface area contributed by atoms with E-state index in [1.165, 1.54) is 18.4 Å². The highest BCUT2D eigenvalue weighted by atomic mass is 19.4. The van der Waals surface area contributed by atoms with Crippen molar-refractivity contribution in [2.24, 2.45) is 0 Å². The molecular formula is C13H9F3O. The van der Waals surface area contributed by atoms with E-state index in [4.69, 9.17) is 4.42 Å². The van der Waals surface area contributed by atoms with Crippen molar-refractivity contribution in [1.82, 2.24) is 0 Å². The van der Waals surface area contributed by atoms with Crippen LogP contribution in [-0.4, -0.2) is 0 Å². The minimum Gasteiger partial charge on any atom is -0.465 e. The Labute approximate surface area is 96.2 Å². The summed E-state index contributed by atoms with van der Waals surface area (Å²) in [6.07, 6.45) is 0.636. The minimum atomic E-state index is -4.29. The van der Waals surface area contributed by atoms with Gasteiger partial charge in [0.05, 0.1) is 11.8 Å². The van der Waals surface area contributed by atoms with Gasteiger partial charge >= 0.3 is 6.18 Å². The van der Waals surface area contributed by atoms with E-state index in [1.54, 1.807) is 24.3 Å². The predicted molar refractivity (Wildman–Crippen MR) is 59.1 cm³/mol. The van der Waals surface area contributed by atoms with Crippen molar-refractivity contribution in [2.45, 2.75) is 6.18 Å². The van der Waals surface area contributed by atoms with Gasteiger partial charge in [-0.25, -0.2) is 0 Å². The topological polar surface area (TPSA) is 13.1 Å². The van der Waals surface area contributed by atoms with Crippen LogP contribution in [0.3, 0.4) is 0 Å². The molecule has 1 heterocycles. The van der Waals surface area contributed by atoms with Gasteiger partial charge in [-0.15, -0.1) is 0 Å². The Balaban J connectivity index is 2.14. The average Bonchev–Trinajstić information content (AvgIpc) is 2.78. The fourth-order valence-corrected chi connectivity index (χ4v) is 1.35. The van der Waals surface area contributed by atoms with Crippen LogP contribution in [0.5, 0.6) is 0 Å². The van der Waals surface area contributed by atoms with E-state index in [1.807, 2.05) is 0 Å². The summed E-state index contributed by atoms with van der Waals surface area (Å²) < 4.78 is 42.0. The lowest BCUT2D eigenvalue weighted by atomic mass is 10.1. The second-order valence-corrected chi connectivity index (χ2v) is 3.47. The summed E-state index contributed by atoms with van der Waals surface area (Å²) in [4.78, 5) is 0. The van der Waals surface area contributed by atoms with Gasteiger partial charge in [-0.3, -0.25) is 0 Å². The first-order valence-electron chi connectivity index (χ1n) is 4.94. The molecule has 0 amide bonds. The molecule has 0 unspecified atom stereocenters. The predicted octanol–water partition coefficient (Wildman–Crippen LogP) is 4.47. The lowest BCUT2D eigenvalue weighted by Gasteiger charge is -2.05. The van der Waals surface area contributed by atoms with Crippen molar-refractivity contribution in [3.63, 3.8) is 0 Å². The van der Waals surface area contributed by atoms with Gasteiger partial charge in [-0.1, -0.05) is 18.2 Å². The highest BCUT2D eigenvalue weighted by Crippen LogP contribution is 2.29. The number of hydrogen-bond acceptors (Lipinski definition) is 1. The zero-order valence-corrected chi connectivity index (χ0v) is 8.74. The Morgan fingerprint density at radius 1 is 0.941 bits per heavy atom. The second-order valence-electron chi connectivity index (χ2n) is 3.47. The van der Waals surface area contributed by atoms with E-state index in [9.17, 15) is 13.2 Å². The van der Waals surface area contributed by atoms with Crippen molar-refractivity contribution < 1.29 is 17.6 Å². The summed E-state index contributed by atoms with van der Waals surface area (Å²) >= 11 is 0. The van der Waals surface area contributed by atoms with Gasteiger partial charge in [-0.05, 0) is 35.9 Å². The van der Waals surface area contributed by atoms with Crippen molar-refractivity contribution >= 4 is 12.2 Å². The zero-order chi connectivity index (χ0) is 12.3. The van der Waals surface area contributed by atoms with Gasteiger partial charge in [0.2, 0.25) is 0 Å². The number of furan rings is 1. The second kappa shape index (κ2) is 4.49. The zero-order valence-electron chi connectivity index (χ0n) is 8.74. The van der Waals surface area contributed by atoms with Gasteiger partial charge in [-0.2, -0.15) is 13.2 Å². The number of halogens is 3. The normalized spacial score (nSPS) is 12.2. The summed E-state index contributed by atoms with van der Waals surface area (Å²) in [6, 6.07) is 8.46. The number of benzene rings is 1. The first-order chi connectivity index (χ1) is 8.05. The molecule has 17 heavy (non-hydrogen) atoms. The lowest BCUT2D eigenvalue weighted by molar-refractivity contribution is -0.137. The summed E-state index contributed by atoms with van der Waals surface area (Å²) in [7, 11) is 0. The third kappa shape index (κ3) is 3.00. The third-order valence-corrected chi connectivity index (χ3v) is 2.22. The molecular weight excluding hydrogens is 229 g/mol. The van der Waals surface area contributed by atoms with Gasteiger partial charge in [0, 0.05) is 0 Å². The summed E-state index contributed by atoms with van der Waals surface area (Å²) in [5, 5.41) is 0. The Hall–Kier alpha value is -1.97. The Kier molecular flexibility index (Phi) is 3.04. The average molecular weight is 238 g/mol. The van der Waals surface area contributed by atoms with Crippen LogP contribution in [0.25, 0.3) is 12.2 Å². The highest BCUT2D eigenvalue weighted by Gasteiger charge is 2.29. The highest BCUT2D eigenvalue weighted by molar-refractivity contribution is 5.67. The van der Waals surface area contributed by atoms with Crippen LogP contribution >= 0.6 is 0 Å². The van der Waals surface area contributed by atoms with E-state index in [-0.39, 0.29) is 0 Å². The fourth-order valence-electron chi connectivity index (χ4n) is 1.35. The molecule has 1 nitrogen and oxygen atoms in total. The first kappa shape index (κ1) is 11.5. The molecule has 0 N–H and O–H groups in total. The largest absolute Gasteiger partial charge is 0.465 e. The van der Waals surface area contributed by atoms with Crippen LogP contribution in [0.2, 0.25) is 0 Å². The summed E-state index contributed by atoms with van der Waals surface area (Å²) in [5.74, 6) is 0.657. The fraction of sp³-hybridized carbons (Fsp3) is 0.0769. The van der Waals surface area contributed by atoms with Crippen molar-refractivity contribution in [2.75, 3.05) is 0 Å². The molecule has 0 aliphatic heterocycles. The maximum atomic E-state index is 12.3. The van der Waals surface area contributed by atoms with Crippen molar-refractivity contribution in [3.8, 4) is 0 Å². The number of alkyl halides is 3.